The number of nitrogens with one attached hydrogen (secondary N) is 1. The van der Waals surface area contributed by atoms with E-state index in [-0.39, 0.29) is 0 Å². The van der Waals surface area contributed by atoms with E-state index in [9.17, 15) is 0 Å². The molecule has 2 fully saturated rings. The van der Waals surface area contributed by atoms with Gasteiger partial charge in [0, 0.05) is 23.3 Å². The van der Waals surface area contributed by atoms with Crippen LogP contribution < -0.4 is 5.32 Å². The monoisotopic (exact) mass is 264 g/mol. The van der Waals surface area contributed by atoms with Gasteiger partial charge in [0.15, 0.2) is 0 Å². The molecule has 3 heteroatoms. The molecular weight excluding hydrogens is 240 g/mol. The lowest BCUT2D eigenvalue weighted by atomic mass is 10.1. The van der Waals surface area contributed by atoms with Crippen LogP contribution >= 0.6 is 11.3 Å². The third-order valence-electron chi connectivity index (χ3n) is 4.23. The Kier molecular flexibility index (Phi) is 3.23. The molecular formula is C15H24N2S. The van der Waals surface area contributed by atoms with Crippen molar-refractivity contribution in [2.24, 2.45) is 5.41 Å². The molecule has 0 aromatic carbocycles. The Morgan fingerprint density at radius 1 is 1.39 bits per heavy atom. The van der Waals surface area contributed by atoms with Gasteiger partial charge in [0.25, 0.3) is 0 Å². The zero-order chi connectivity index (χ0) is 12.8. The van der Waals surface area contributed by atoms with Crippen molar-refractivity contribution in [2.45, 2.75) is 64.8 Å². The van der Waals surface area contributed by atoms with Gasteiger partial charge in [0.1, 0.15) is 0 Å². The molecule has 2 saturated carbocycles. The highest BCUT2D eigenvalue weighted by Crippen LogP contribution is 2.60. The Balaban J connectivity index is 1.74. The second kappa shape index (κ2) is 4.61. The largest absolute Gasteiger partial charge is 0.312 e. The summed E-state index contributed by atoms with van der Waals surface area (Å²) in [6.45, 7) is 9.10. The van der Waals surface area contributed by atoms with E-state index in [0.29, 0.717) is 5.41 Å². The highest BCUT2D eigenvalue weighted by molar-refractivity contribution is 7.11. The van der Waals surface area contributed by atoms with Gasteiger partial charge < -0.3 is 5.32 Å². The first-order valence-corrected chi connectivity index (χ1v) is 8.13. The van der Waals surface area contributed by atoms with E-state index in [0.717, 1.165) is 24.9 Å². The molecule has 1 unspecified atom stereocenters. The van der Waals surface area contributed by atoms with Crippen molar-refractivity contribution in [1.29, 1.82) is 0 Å². The molecule has 18 heavy (non-hydrogen) atoms. The van der Waals surface area contributed by atoms with Gasteiger partial charge >= 0.3 is 0 Å². The van der Waals surface area contributed by atoms with Crippen molar-refractivity contribution in [2.75, 3.05) is 6.54 Å². The molecule has 1 aromatic rings. The average molecular weight is 264 g/mol. The fourth-order valence-electron chi connectivity index (χ4n) is 2.60. The Labute approximate surface area is 114 Å². The summed E-state index contributed by atoms with van der Waals surface area (Å²) in [5, 5.41) is 4.95. The standard InChI is InChI=1S/C15H24N2S/c1-4-7-16-9-12-13(10-5-6-10)17-14(18-12)11-8-15(11,2)3/h10-11,16H,4-9H2,1-3H3. The van der Waals surface area contributed by atoms with E-state index in [2.05, 4.69) is 26.1 Å². The van der Waals surface area contributed by atoms with Gasteiger partial charge in [-0.2, -0.15) is 0 Å². The summed E-state index contributed by atoms with van der Waals surface area (Å²) in [5.74, 6) is 1.52. The first-order chi connectivity index (χ1) is 8.62. The number of hydrogen-bond acceptors (Lipinski definition) is 3. The molecule has 3 rings (SSSR count). The molecule has 0 radical (unpaired) electrons. The summed E-state index contributed by atoms with van der Waals surface area (Å²) in [7, 11) is 0. The fraction of sp³-hybridized carbons (Fsp3) is 0.800. The van der Waals surface area contributed by atoms with Crippen molar-refractivity contribution in [3.8, 4) is 0 Å². The normalized spacial score (nSPS) is 25.4. The maximum absolute atomic E-state index is 4.99. The van der Waals surface area contributed by atoms with Crippen molar-refractivity contribution >= 4 is 11.3 Å². The van der Waals surface area contributed by atoms with E-state index in [1.54, 1.807) is 0 Å². The van der Waals surface area contributed by atoms with Gasteiger partial charge in [0.05, 0.1) is 10.7 Å². The average Bonchev–Trinajstić information content (AvgIpc) is 3.21. The van der Waals surface area contributed by atoms with Crippen LogP contribution in [0.4, 0.5) is 0 Å². The topological polar surface area (TPSA) is 24.9 Å². The van der Waals surface area contributed by atoms with Crippen LogP contribution in [-0.4, -0.2) is 11.5 Å². The zero-order valence-electron chi connectivity index (χ0n) is 11.8. The zero-order valence-corrected chi connectivity index (χ0v) is 12.6. The molecule has 2 nitrogen and oxygen atoms in total. The lowest BCUT2D eigenvalue weighted by molar-refractivity contribution is 0.619. The fourth-order valence-corrected chi connectivity index (χ4v) is 4.03. The van der Waals surface area contributed by atoms with E-state index >= 15 is 0 Å². The van der Waals surface area contributed by atoms with Crippen LogP contribution in [0.5, 0.6) is 0 Å². The summed E-state index contributed by atoms with van der Waals surface area (Å²) >= 11 is 1.98. The van der Waals surface area contributed by atoms with Crippen LogP contribution in [0.3, 0.4) is 0 Å². The molecule has 0 spiro atoms. The summed E-state index contributed by atoms with van der Waals surface area (Å²) in [4.78, 5) is 6.50. The van der Waals surface area contributed by atoms with Gasteiger partial charge in [0.2, 0.25) is 0 Å². The van der Waals surface area contributed by atoms with Crippen molar-refractivity contribution in [3.63, 3.8) is 0 Å². The number of nitrogens with zero attached hydrogens (tertiary/aromatic N) is 1. The second-order valence-corrected chi connectivity index (χ2v) is 7.67. The Morgan fingerprint density at radius 3 is 2.67 bits per heavy atom. The van der Waals surface area contributed by atoms with Crippen LogP contribution in [0, 0.1) is 5.41 Å². The molecule has 0 saturated heterocycles. The summed E-state index contributed by atoms with van der Waals surface area (Å²) in [6.07, 6.45) is 5.25. The van der Waals surface area contributed by atoms with Gasteiger partial charge in [-0.1, -0.05) is 20.8 Å². The van der Waals surface area contributed by atoms with Gasteiger partial charge in [-0.15, -0.1) is 11.3 Å². The Morgan fingerprint density at radius 2 is 2.11 bits per heavy atom. The summed E-state index contributed by atoms with van der Waals surface area (Å²) in [6, 6.07) is 0. The third-order valence-corrected chi connectivity index (χ3v) is 5.42. The van der Waals surface area contributed by atoms with Crippen molar-refractivity contribution in [3.05, 3.63) is 15.6 Å². The summed E-state index contributed by atoms with van der Waals surface area (Å²) < 4.78 is 0. The van der Waals surface area contributed by atoms with Gasteiger partial charge in [-0.05, 0) is 37.6 Å². The molecule has 100 valence electrons. The van der Waals surface area contributed by atoms with Crippen LogP contribution in [0.2, 0.25) is 0 Å². The van der Waals surface area contributed by atoms with Crippen LogP contribution in [0.1, 0.15) is 73.9 Å². The molecule has 1 aromatic heterocycles. The number of hydrogen-bond donors (Lipinski definition) is 1. The Bertz CT molecular complexity index is 432. The minimum Gasteiger partial charge on any atom is -0.312 e. The molecule has 1 N–H and O–H groups in total. The molecule has 0 bridgehead atoms. The van der Waals surface area contributed by atoms with Gasteiger partial charge in [-0.3, -0.25) is 0 Å². The SMILES string of the molecule is CCCNCc1sc(C2CC2(C)C)nc1C1CC1. The lowest BCUT2D eigenvalue weighted by Crippen LogP contribution is -2.13. The van der Waals surface area contributed by atoms with E-state index in [4.69, 9.17) is 4.98 Å². The maximum Gasteiger partial charge on any atom is 0.0968 e. The highest BCUT2D eigenvalue weighted by atomic mass is 32.1. The van der Waals surface area contributed by atoms with Crippen LogP contribution in [0.25, 0.3) is 0 Å². The summed E-state index contributed by atoms with van der Waals surface area (Å²) in [5.41, 5.74) is 1.94. The number of aromatic nitrogens is 1. The molecule has 2 aliphatic rings. The van der Waals surface area contributed by atoms with Crippen molar-refractivity contribution < 1.29 is 0 Å². The van der Waals surface area contributed by atoms with E-state index < -0.39 is 0 Å². The minimum atomic E-state index is 0.507. The molecule has 1 heterocycles. The third kappa shape index (κ3) is 2.48. The van der Waals surface area contributed by atoms with Crippen LogP contribution in [0.15, 0.2) is 0 Å². The lowest BCUT2D eigenvalue weighted by Gasteiger charge is -2.01. The van der Waals surface area contributed by atoms with E-state index in [1.807, 2.05) is 11.3 Å². The quantitative estimate of drug-likeness (QED) is 0.785. The molecule has 0 amide bonds. The Hall–Kier alpha value is -0.410. The number of thiazole rings is 1. The molecule has 0 aliphatic heterocycles. The smallest absolute Gasteiger partial charge is 0.0968 e. The first-order valence-electron chi connectivity index (χ1n) is 7.32. The maximum atomic E-state index is 4.99. The first kappa shape index (κ1) is 12.6. The van der Waals surface area contributed by atoms with Crippen LogP contribution in [-0.2, 0) is 6.54 Å². The van der Waals surface area contributed by atoms with E-state index in [1.165, 1.54) is 41.3 Å². The highest BCUT2D eigenvalue weighted by Gasteiger charge is 2.49. The second-order valence-electron chi connectivity index (χ2n) is 6.56. The van der Waals surface area contributed by atoms with Gasteiger partial charge in [-0.25, -0.2) is 4.98 Å². The van der Waals surface area contributed by atoms with Crippen molar-refractivity contribution in [1.82, 2.24) is 10.3 Å². The predicted molar refractivity (Wildman–Crippen MR) is 77.2 cm³/mol. The molecule has 2 aliphatic carbocycles. The number of rotatable bonds is 6. The minimum absolute atomic E-state index is 0.507. The molecule has 1 atom stereocenters. The predicted octanol–water partition coefficient (Wildman–Crippen LogP) is 4.03.